The van der Waals surface area contributed by atoms with Gasteiger partial charge in [-0.1, -0.05) is 54.6 Å². The van der Waals surface area contributed by atoms with Crippen molar-refractivity contribution in [3.8, 4) is 0 Å². The molecule has 0 aromatic heterocycles. The number of halogens is 3. The van der Waals surface area contributed by atoms with E-state index in [1.54, 1.807) is 30.3 Å². The number of benzene rings is 2. The van der Waals surface area contributed by atoms with Crippen LogP contribution in [0, 0.1) is 11.8 Å². The van der Waals surface area contributed by atoms with E-state index >= 15 is 0 Å². The van der Waals surface area contributed by atoms with Crippen LogP contribution in [-0.2, 0) is 19.2 Å². The second kappa shape index (κ2) is 9.10. The zero-order valence-corrected chi connectivity index (χ0v) is 18.4. The average Bonchev–Trinajstić information content (AvgIpc) is 3.24. The summed E-state index contributed by atoms with van der Waals surface area (Å²) in [6.45, 7) is 2.03. The predicted molar refractivity (Wildman–Crippen MR) is 118 cm³/mol. The number of carbonyl (C=O) groups excluding carboxylic acids is 3. The quantitative estimate of drug-likeness (QED) is 0.669. The van der Waals surface area contributed by atoms with Crippen LogP contribution < -0.4 is 4.90 Å². The van der Waals surface area contributed by atoms with Gasteiger partial charge in [0.2, 0.25) is 11.8 Å². The topological polar surface area (TPSA) is 95.0 Å². The molecule has 2 saturated heterocycles. The van der Waals surface area contributed by atoms with Gasteiger partial charge in [0.05, 0.1) is 23.6 Å². The highest BCUT2D eigenvalue weighted by Gasteiger charge is 2.65. The molecule has 0 spiro atoms. The maximum atomic E-state index is 13.3. The van der Waals surface area contributed by atoms with Crippen LogP contribution in [0.5, 0.6) is 0 Å². The van der Waals surface area contributed by atoms with Crippen LogP contribution in [-0.4, -0.2) is 51.8 Å². The third kappa shape index (κ3) is 4.25. The first kappa shape index (κ1) is 24.3. The lowest BCUT2D eigenvalue weighted by Gasteiger charge is -2.38. The van der Waals surface area contributed by atoms with Crippen LogP contribution in [0.25, 0.3) is 0 Å². The van der Waals surface area contributed by atoms with Gasteiger partial charge in [-0.2, -0.15) is 13.2 Å². The monoisotopic (exact) mass is 486 g/mol. The Morgan fingerprint density at radius 2 is 1.43 bits per heavy atom. The van der Waals surface area contributed by atoms with Gasteiger partial charge in [-0.05, 0) is 30.7 Å². The Hall–Kier alpha value is -3.79. The Labute approximate surface area is 198 Å². The number of alkyl halides is 3. The molecule has 0 saturated carbocycles. The highest BCUT2D eigenvalue weighted by Crippen LogP contribution is 2.49. The molecule has 2 aromatic rings. The summed E-state index contributed by atoms with van der Waals surface area (Å²) in [5.74, 6) is -4.48. The van der Waals surface area contributed by atoms with Crippen LogP contribution in [0.15, 0.2) is 72.8 Å². The number of aliphatic carboxylic acids is 1. The smallest absolute Gasteiger partial charge is 0.475 e. The molecule has 10 heteroatoms. The Morgan fingerprint density at radius 3 is 1.97 bits per heavy atom. The fourth-order valence-corrected chi connectivity index (χ4v) is 5.03. The van der Waals surface area contributed by atoms with E-state index in [2.05, 4.69) is 4.90 Å². The molecule has 5 unspecified atom stereocenters. The van der Waals surface area contributed by atoms with E-state index in [4.69, 9.17) is 9.90 Å². The Bertz CT molecular complexity index is 1180. The normalized spacial score (nSPS) is 26.3. The fraction of sp³-hybridized carbons (Fsp3) is 0.280. The maximum Gasteiger partial charge on any atom is 0.490 e. The number of hydrogen-bond acceptors (Lipinski definition) is 5. The number of ketones is 1. The van der Waals surface area contributed by atoms with Gasteiger partial charge in [-0.25, -0.2) is 9.69 Å². The minimum atomic E-state index is -5.08. The van der Waals surface area contributed by atoms with Crippen molar-refractivity contribution in [2.75, 3.05) is 4.90 Å². The summed E-state index contributed by atoms with van der Waals surface area (Å²) in [6, 6.07) is 18.0. The van der Waals surface area contributed by atoms with Crippen molar-refractivity contribution >= 4 is 29.3 Å². The third-order valence-corrected chi connectivity index (χ3v) is 6.51. The number of fused-ring (bicyclic) bond motifs is 5. The SMILES string of the molecule is CC(c1ccccc1)N1C2C=CC(=O)C1C1C(=O)N(c3ccccc3)C(=O)C12.O=C(O)C(F)(F)F. The molecule has 35 heavy (non-hydrogen) atoms. The van der Waals surface area contributed by atoms with Crippen LogP contribution >= 0.6 is 0 Å². The van der Waals surface area contributed by atoms with Crippen LogP contribution in [0.2, 0.25) is 0 Å². The zero-order chi connectivity index (χ0) is 25.5. The number of carboxylic acids is 1. The molecule has 0 radical (unpaired) electrons. The van der Waals surface area contributed by atoms with E-state index in [1.165, 1.54) is 4.90 Å². The van der Waals surface area contributed by atoms with E-state index in [9.17, 15) is 27.6 Å². The summed E-state index contributed by atoms with van der Waals surface area (Å²) < 4.78 is 31.7. The summed E-state index contributed by atoms with van der Waals surface area (Å²) >= 11 is 0. The summed E-state index contributed by atoms with van der Waals surface area (Å²) in [5, 5.41) is 7.12. The number of nitrogens with zero attached hydrogens (tertiary/aromatic N) is 2. The van der Waals surface area contributed by atoms with Crippen molar-refractivity contribution in [1.29, 1.82) is 0 Å². The summed E-state index contributed by atoms with van der Waals surface area (Å²) in [7, 11) is 0. The zero-order valence-electron chi connectivity index (χ0n) is 18.4. The summed E-state index contributed by atoms with van der Waals surface area (Å²) in [6.07, 6.45) is -1.72. The first-order valence-electron chi connectivity index (χ1n) is 10.8. The van der Waals surface area contributed by atoms with Gasteiger partial charge < -0.3 is 5.11 Å². The molecule has 2 aromatic carbocycles. The fourth-order valence-electron chi connectivity index (χ4n) is 5.03. The Kier molecular flexibility index (Phi) is 6.33. The van der Waals surface area contributed by atoms with E-state index in [1.807, 2.05) is 49.4 Å². The van der Waals surface area contributed by atoms with E-state index in [-0.39, 0.29) is 29.7 Å². The van der Waals surface area contributed by atoms with Crippen LogP contribution in [0.3, 0.4) is 0 Å². The number of anilines is 1. The second-order valence-corrected chi connectivity index (χ2v) is 8.43. The Morgan fingerprint density at radius 1 is 0.914 bits per heavy atom. The van der Waals surface area contributed by atoms with Crippen molar-refractivity contribution in [3.63, 3.8) is 0 Å². The van der Waals surface area contributed by atoms with Crippen LogP contribution in [0.1, 0.15) is 18.5 Å². The van der Waals surface area contributed by atoms with Crippen LogP contribution in [0.4, 0.5) is 18.9 Å². The molecule has 2 amide bonds. The third-order valence-electron chi connectivity index (χ3n) is 6.51. The highest BCUT2D eigenvalue weighted by molar-refractivity contribution is 6.24. The summed E-state index contributed by atoms with van der Waals surface area (Å²) in [5.41, 5.74) is 1.64. The first-order chi connectivity index (χ1) is 16.5. The van der Waals surface area contributed by atoms with E-state index in [0.717, 1.165) is 5.56 Å². The number of amides is 2. The molecule has 2 fully saturated rings. The molecule has 3 aliphatic heterocycles. The standard InChI is InChI=1S/C23H20N2O3.C2HF3O2/c1-14(15-8-4-2-5-9-15)24-17-12-13-18(26)21(24)20-19(17)22(27)25(23(20)28)16-10-6-3-7-11-16;3-2(4,5)1(6)7/h2-14,17,19-21H,1H3;(H,6,7). The van der Waals surface area contributed by atoms with Gasteiger partial charge in [-0.3, -0.25) is 19.3 Å². The molecule has 182 valence electrons. The molecule has 0 aliphatic carbocycles. The van der Waals surface area contributed by atoms with Crippen molar-refractivity contribution in [1.82, 2.24) is 4.90 Å². The van der Waals surface area contributed by atoms with Gasteiger partial charge in [0, 0.05) is 12.1 Å². The van der Waals surface area contributed by atoms with Gasteiger partial charge >= 0.3 is 12.1 Å². The van der Waals surface area contributed by atoms with Gasteiger partial charge in [0.25, 0.3) is 0 Å². The maximum absolute atomic E-state index is 13.3. The largest absolute Gasteiger partial charge is 0.490 e. The van der Waals surface area contributed by atoms with Crippen molar-refractivity contribution in [3.05, 3.63) is 78.4 Å². The molecule has 3 aliphatic rings. The van der Waals surface area contributed by atoms with E-state index in [0.29, 0.717) is 5.69 Å². The molecule has 1 N–H and O–H groups in total. The molecule has 3 heterocycles. The number of carbonyl (C=O) groups is 4. The number of para-hydroxylation sites is 1. The minimum absolute atomic E-state index is 0.0681. The van der Waals surface area contributed by atoms with E-state index < -0.39 is 30.0 Å². The van der Waals surface area contributed by atoms with Gasteiger partial charge in [0.1, 0.15) is 0 Å². The number of hydrogen-bond donors (Lipinski definition) is 1. The lowest BCUT2D eigenvalue weighted by molar-refractivity contribution is -0.192. The summed E-state index contributed by atoms with van der Waals surface area (Å²) in [4.78, 5) is 51.6. The molecule has 5 rings (SSSR count). The van der Waals surface area contributed by atoms with Gasteiger partial charge in [-0.15, -0.1) is 0 Å². The lowest BCUT2D eigenvalue weighted by Crippen LogP contribution is -2.50. The minimum Gasteiger partial charge on any atom is -0.475 e. The van der Waals surface area contributed by atoms with Crippen molar-refractivity contribution < 1.29 is 37.5 Å². The lowest BCUT2D eigenvalue weighted by atomic mass is 9.90. The first-order valence-corrected chi connectivity index (χ1v) is 10.8. The average molecular weight is 486 g/mol. The Balaban J connectivity index is 0.000000364. The second-order valence-electron chi connectivity index (χ2n) is 8.43. The molecule has 7 nitrogen and oxygen atoms in total. The van der Waals surface area contributed by atoms with Crippen molar-refractivity contribution in [2.24, 2.45) is 11.8 Å². The number of rotatable bonds is 3. The van der Waals surface area contributed by atoms with Gasteiger partial charge in [0.15, 0.2) is 5.78 Å². The molecular formula is C25H21F3N2O5. The molecule has 5 atom stereocenters. The number of imide groups is 1. The number of carboxylic acid groups (broad SMARTS) is 1. The molecular weight excluding hydrogens is 465 g/mol. The van der Waals surface area contributed by atoms with Crippen molar-refractivity contribution in [2.45, 2.75) is 31.2 Å². The highest BCUT2D eigenvalue weighted by atomic mass is 19.4. The predicted octanol–water partition coefficient (Wildman–Crippen LogP) is 3.38. The molecule has 2 bridgehead atoms.